The lowest BCUT2D eigenvalue weighted by Crippen LogP contribution is -2.30. The molecule has 0 bridgehead atoms. The van der Waals surface area contributed by atoms with Crippen molar-refractivity contribution >= 4 is 33.2 Å². The van der Waals surface area contributed by atoms with Crippen LogP contribution < -0.4 is 5.32 Å². The van der Waals surface area contributed by atoms with Gasteiger partial charge in [-0.05, 0) is 41.1 Å². The molecule has 1 unspecified atom stereocenters. The van der Waals surface area contributed by atoms with Gasteiger partial charge in [0.2, 0.25) is 5.91 Å². The van der Waals surface area contributed by atoms with E-state index >= 15 is 0 Å². The fraction of sp³-hybridized carbons (Fsp3) is 0.615. The molecule has 4 heteroatoms. The Labute approximate surface area is 116 Å². The van der Waals surface area contributed by atoms with Gasteiger partial charge < -0.3 is 5.32 Å². The molecule has 1 aromatic heterocycles. The summed E-state index contributed by atoms with van der Waals surface area (Å²) in [5.74, 6) is 0.741. The van der Waals surface area contributed by atoms with Crippen molar-refractivity contribution < 1.29 is 4.79 Å². The topological polar surface area (TPSA) is 29.1 Å². The standard InChI is InChI=1S/C13H20BrNOS/c1-2-3-11(4-6-14)9-15-13(16)8-12-5-7-17-10-12/h5,7,10-11H,2-4,6,8-9H2,1H3,(H,15,16). The maximum absolute atomic E-state index is 11.7. The Hall–Kier alpha value is -0.350. The predicted octanol–water partition coefficient (Wildman–Crippen LogP) is 3.61. The molecule has 1 aromatic rings. The Morgan fingerprint density at radius 1 is 1.53 bits per heavy atom. The molecule has 0 saturated carbocycles. The summed E-state index contributed by atoms with van der Waals surface area (Å²) in [4.78, 5) is 11.7. The number of thiophene rings is 1. The van der Waals surface area contributed by atoms with Gasteiger partial charge in [0.1, 0.15) is 0 Å². The number of hydrogen-bond acceptors (Lipinski definition) is 2. The van der Waals surface area contributed by atoms with Gasteiger partial charge in [0.15, 0.2) is 0 Å². The number of amides is 1. The minimum Gasteiger partial charge on any atom is -0.356 e. The van der Waals surface area contributed by atoms with Crippen molar-refractivity contribution in [1.82, 2.24) is 5.32 Å². The molecule has 1 rings (SSSR count). The number of carbonyl (C=O) groups excluding carboxylic acids is 1. The zero-order chi connectivity index (χ0) is 12.5. The normalized spacial score (nSPS) is 12.4. The minimum atomic E-state index is 0.138. The SMILES string of the molecule is CCCC(CCBr)CNC(=O)Cc1ccsc1. The smallest absolute Gasteiger partial charge is 0.224 e. The summed E-state index contributed by atoms with van der Waals surface area (Å²) in [6.45, 7) is 3.00. The first-order valence-corrected chi connectivity index (χ1v) is 8.16. The van der Waals surface area contributed by atoms with Crippen LogP contribution in [0.4, 0.5) is 0 Å². The third-order valence-corrected chi connectivity index (χ3v) is 3.94. The second kappa shape index (κ2) is 8.70. The highest BCUT2D eigenvalue weighted by Gasteiger charge is 2.09. The molecular weight excluding hydrogens is 298 g/mol. The fourth-order valence-corrected chi connectivity index (χ4v) is 3.13. The molecule has 1 heterocycles. The van der Waals surface area contributed by atoms with Gasteiger partial charge in [-0.1, -0.05) is 29.3 Å². The number of alkyl halides is 1. The maximum Gasteiger partial charge on any atom is 0.224 e. The molecule has 17 heavy (non-hydrogen) atoms. The molecule has 0 aliphatic rings. The van der Waals surface area contributed by atoms with Crippen LogP contribution in [0.1, 0.15) is 31.7 Å². The zero-order valence-electron chi connectivity index (χ0n) is 10.2. The predicted molar refractivity (Wildman–Crippen MR) is 77.8 cm³/mol. The van der Waals surface area contributed by atoms with Crippen LogP contribution in [0.2, 0.25) is 0 Å². The Morgan fingerprint density at radius 2 is 2.35 bits per heavy atom. The van der Waals surface area contributed by atoms with Crippen LogP contribution in [-0.4, -0.2) is 17.8 Å². The highest BCUT2D eigenvalue weighted by atomic mass is 79.9. The number of carbonyl (C=O) groups is 1. The van der Waals surface area contributed by atoms with E-state index in [1.54, 1.807) is 11.3 Å². The molecule has 0 radical (unpaired) electrons. The Kier molecular flexibility index (Phi) is 7.53. The monoisotopic (exact) mass is 317 g/mol. The van der Waals surface area contributed by atoms with E-state index in [0.29, 0.717) is 12.3 Å². The van der Waals surface area contributed by atoms with Gasteiger partial charge in [0, 0.05) is 11.9 Å². The van der Waals surface area contributed by atoms with Gasteiger partial charge in [0.05, 0.1) is 6.42 Å². The molecule has 0 spiro atoms. The third kappa shape index (κ3) is 6.22. The summed E-state index contributed by atoms with van der Waals surface area (Å²) in [6.07, 6.45) is 4.01. The molecular formula is C13H20BrNOS. The van der Waals surface area contributed by atoms with Gasteiger partial charge in [-0.3, -0.25) is 4.79 Å². The van der Waals surface area contributed by atoms with Crippen molar-refractivity contribution in [3.8, 4) is 0 Å². The van der Waals surface area contributed by atoms with Crippen LogP contribution in [0.25, 0.3) is 0 Å². The van der Waals surface area contributed by atoms with Gasteiger partial charge in [0.25, 0.3) is 0 Å². The van der Waals surface area contributed by atoms with Crippen molar-refractivity contribution in [3.05, 3.63) is 22.4 Å². The van der Waals surface area contributed by atoms with E-state index in [1.165, 1.54) is 12.8 Å². The molecule has 96 valence electrons. The van der Waals surface area contributed by atoms with Crippen molar-refractivity contribution in [3.63, 3.8) is 0 Å². The van der Waals surface area contributed by atoms with Crippen molar-refractivity contribution in [2.75, 3.05) is 11.9 Å². The van der Waals surface area contributed by atoms with Gasteiger partial charge in [-0.15, -0.1) is 0 Å². The van der Waals surface area contributed by atoms with Gasteiger partial charge >= 0.3 is 0 Å². The second-order valence-electron chi connectivity index (χ2n) is 4.24. The lowest BCUT2D eigenvalue weighted by molar-refractivity contribution is -0.120. The van der Waals surface area contributed by atoms with Crippen molar-refractivity contribution in [1.29, 1.82) is 0 Å². The molecule has 0 aliphatic carbocycles. The Balaban J connectivity index is 2.25. The first kappa shape index (κ1) is 14.7. The summed E-state index contributed by atoms with van der Waals surface area (Å²) in [5, 5.41) is 8.08. The van der Waals surface area contributed by atoms with E-state index < -0.39 is 0 Å². The maximum atomic E-state index is 11.7. The highest BCUT2D eigenvalue weighted by molar-refractivity contribution is 9.09. The van der Waals surface area contributed by atoms with Crippen molar-refractivity contribution in [2.24, 2.45) is 5.92 Å². The Morgan fingerprint density at radius 3 is 2.94 bits per heavy atom. The summed E-state index contributed by atoms with van der Waals surface area (Å²) in [6, 6.07) is 2.01. The fourth-order valence-electron chi connectivity index (χ4n) is 1.81. The van der Waals surface area contributed by atoms with Crippen LogP contribution in [-0.2, 0) is 11.2 Å². The van der Waals surface area contributed by atoms with Gasteiger partial charge in [-0.25, -0.2) is 0 Å². The summed E-state index contributed by atoms with van der Waals surface area (Å²) in [7, 11) is 0. The van der Waals surface area contributed by atoms with E-state index in [-0.39, 0.29) is 5.91 Å². The summed E-state index contributed by atoms with van der Waals surface area (Å²) in [5.41, 5.74) is 1.11. The molecule has 1 amide bonds. The third-order valence-electron chi connectivity index (χ3n) is 2.75. The van der Waals surface area contributed by atoms with Gasteiger partial charge in [-0.2, -0.15) is 11.3 Å². The van der Waals surface area contributed by atoms with E-state index in [0.717, 1.165) is 23.9 Å². The molecule has 0 aromatic carbocycles. The molecule has 1 atom stereocenters. The Bertz CT molecular complexity index is 307. The first-order chi connectivity index (χ1) is 8.26. The molecule has 1 N–H and O–H groups in total. The molecule has 0 fully saturated rings. The number of nitrogens with one attached hydrogen (secondary N) is 1. The molecule has 2 nitrogen and oxygen atoms in total. The summed E-state index contributed by atoms with van der Waals surface area (Å²) >= 11 is 5.10. The van der Waals surface area contributed by atoms with Crippen LogP contribution in [0.5, 0.6) is 0 Å². The number of hydrogen-bond donors (Lipinski definition) is 1. The lowest BCUT2D eigenvalue weighted by atomic mass is 10.0. The first-order valence-electron chi connectivity index (χ1n) is 6.10. The number of rotatable bonds is 8. The van der Waals surface area contributed by atoms with Crippen LogP contribution in [0.3, 0.4) is 0 Å². The summed E-state index contributed by atoms with van der Waals surface area (Å²) < 4.78 is 0. The van der Waals surface area contributed by atoms with Crippen molar-refractivity contribution in [2.45, 2.75) is 32.6 Å². The van der Waals surface area contributed by atoms with E-state index in [2.05, 4.69) is 28.2 Å². The quantitative estimate of drug-likeness (QED) is 0.729. The lowest BCUT2D eigenvalue weighted by Gasteiger charge is -2.15. The van der Waals surface area contributed by atoms with Crippen LogP contribution in [0, 0.1) is 5.92 Å². The molecule has 0 aliphatic heterocycles. The van der Waals surface area contributed by atoms with Crippen LogP contribution in [0.15, 0.2) is 16.8 Å². The van der Waals surface area contributed by atoms with Crippen LogP contribution >= 0.6 is 27.3 Å². The van der Waals surface area contributed by atoms with E-state index in [4.69, 9.17) is 0 Å². The minimum absolute atomic E-state index is 0.138. The average molecular weight is 318 g/mol. The second-order valence-corrected chi connectivity index (χ2v) is 5.82. The molecule has 0 saturated heterocycles. The highest BCUT2D eigenvalue weighted by Crippen LogP contribution is 2.12. The zero-order valence-corrected chi connectivity index (χ0v) is 12.6. The largest absolute Gasteiger partial charge is 0.356 e. The van der Waals surface area contributed by atoms with E-state index in [9.17, 15) is 4.79 Å². The number of halogens is 1. The average Bonchev–Trinajstić information content (AvgIpc) is 2.79. The van der Waals surface area contributed by atoms with E-state index in [1.807, 2.05) is 16.8 Å².